The largest absolute Gasteiger partial charge is 0.398 e. The Morgan fingerprint density at radius 3 is 2.30 bits per heavy atom. The second-order valence-electron chi connectivity index (χ2n) is 8.09. The number of nitrogens with zero attached hydrogens (tertiary/aromatic N) is 2. The minimum atomic E-state index is 0.0215. The molecule has 0 aromatic heterocycles. The number of carbonyl (C=O) groups excluding carboxylic acids is 1. The lowest BCUT2D eigenvalue weighted by atomic mass is 9.91. The summed E-state index contributed by atoms with van der Waals surface area (Å²) in [6, 6.07) is 3.98. The second-order valence-corrected chi connectivity index (χ2v) is 8.09. The molecule has 4 N–H and O–H groups in total. The van der Waals surface area contributed by atoms with Gasteiger partial charge < -0.3 is 21.1 Å². The van der Waals surface area contributed by atoms with Gasteiger partial charge >= 0.3 is 0 Å². The standard InChI is InChI=1S/C21H36N4O2/c1-15(2)17-6-7-18(22)20(16(3)4)21(17)23-19(27)14-25-11-9-24(10-12-25)8-5-13-26/h6-7,15-16,26H,5,8-14,22H2,1-4H3,(H,23,27). The Bertz CT molecular complexity index is 623. The van der Waals surface area contributed by atoms with E-state index in [4.69, 9.17) is 10.8 Å². The molecule has 0 spiro atoms. The molecular weight excluding hydrogens is 340 g/mol. The molecule has 1 aliphatic heterocycles. The fraction of sp³-hybridized carbons (Fsp3) is 0.667. The second kappa shape index (κ2) is 10.1. The van der Waals surface area contributed by atoms with E-state index in [1.807, 2.05) is 12.1 Å². The number of nitrogen functional groups attached to an aromatic ring is 1. The van der Waals surface area contributed by atoms with Gasteiger partial charge in [-0.1, -0.05) is 33.8 Å². The molecule has 0 aliphatic carbocycles. The lowest BCUT2D eigenvalue weighted by molar-refractivity contribution is -0.117. The molecule has 1 amide bonds. The quantitative estimate of drug-likeness (QED) is 0.607. The number of carbonyl (C=O) groups is 1. The van der Waals surface area contributed by atoms with Crippen LogP contribution < -0.4 is 11.1 Å². The zero-order chi connectivity index (χ0) is 20.0. The van der Waals surface area contributed by atoms with E-state index in [9.17, 15) is 4.79 Å². The predicted molar refractivity (Wildman–Crippen MR) is 112 cm³/mol. The summed E-state index contributed by atoms with van der Waals surface area (Å²) >= 11 is 0. The summed E-state index contributed by atoms with van der Waals surface area (Å²) in [5.41, 5.74) is 10.0. The zero-order valence-electron chi connectivity index (χ0n) is 17.3. The Balaban J connectivity index is 2.03. The predicted octanol–water partition coefficient (Wildman–Crippen LogP) is 2.45. The van der Waals surface area contributed by atoms with Crippen molar-refractivity contribution in [3.63, 3.8) is 0 Å². The van der Waals surface area contributed by atoms with Crippen LogP contribution in [0.5, 0.6) is 0 Å². The van der Waals surface area contributed by atoms with Crippen LogP contribution in [0.25, 0.3) is 0 Å². The van der Waals surface area contributed by atoms with Crippen molar-refractivity contribution < 1.29 is 9.90 Å². The van der Waals surface area contributed by atoms with Crippen molar-refractivity contribution >= 4 is 17.3 Å². The maximum Gasteiger partial charge on any atom is 0.238 e. The number of aliphatic hydroxyl groups excluding tert-OH is 1. The number of nitrogens with one attached hydrogen (secondary N) is 1. The molecule has 0 bridgehead atoms. The fourth-order valence-electron chi connectivity index (χ4n) is 3.74. The van der Waals surface area contributed by atoms with Crippen LogP contribution in [0.3, 0.4) is 0 Å². The molecule has 1 aromatic carbocycles. The number of rotatable bonds is 8. The molecule has 2 rings (SSSR count). The molecule has 1 aliphatic rings. The number of aliphatic hydroxyl groups is 1. The van der Waals surface area contributed by atoms with Gasteiger partial charge in [-0.15, -0.1) is 0 Å². The third kappa shape index (κ3) is 5.92. The van der Waals surface area contributed by atoms with Gasteiger partial charge in [-0.25, -0.2) is 0 Å². The van der Waals surface area contributed by atoms with Crippen LogP contribution in [0.1, 0.15) is 57.1 Å². The number of hydrogen-bond donors (Lipinski definition) is 3. The molecule has 0 saturated carbocycles. The van der Waals surface area contributed by atoms with Crippen LogP contribution in [0.4, 0.5) is 11.4 Å². The molecule has 1 heterocycles. The van der Waals surface area contributed by atoms with Gasteiger partial charge in [0.2, 0.25) is 5.91 Å². The van der Waals surface area contributed by atoms with Crippen LogP contribution in [0.15, 0.2) is 12.1 Å². The number of amides is 1. The van der Waals surface area contributed by atoms with Crippen molar-refractivity contribution in [2.24, 2.45) is 0 Å². The van der Waals surface area contributed by atoms with Crippen molar-refractivity contribution in [2.75, 3.05) is 56.9 Å². The molecule has 1 fully saturated rings. The number of hydrogen-bond acceptors (Lipinski definition) is 5. The molecule has 6 heteroatoms. The molecule has 0 atom stereocenters. The lowest BCUT2D eigenvalue weighted by Crippen LogP contribution is -2.48. The lowest BCUT2D eigenvalue weighted by Gasteiger charge is -2.34. The minimum Gasteiger partial charge on any atom is -0.398 e. The van der Waals surface area contributed by atoms with Crippen molar-refractivity contribution in [1.29, 1.82) is 0 Å². The summed E-state index contributed by atoms with van der Waals surface area (Å²) in [4.78, 5) is 17.3. The fourth-order valence-corrected chi connectivity index (χ4v) is 3.74. The van der Waals surface area contributed by atoms with E-state index in [0.717, 1.165) is 61.6 Å². The van der Waals surface area contributed by atoms with Crippen LogP contribution in [-0.2, 0) is 4.79 Å². The highest BCUT2D eigenvalue weighted by Gasteiger charge is 2.22. The van der Waals surface area contributed by atoms with E-state index < -0.39 is 0 Å². The Hall–Kier alpha value is -1.63. The van der Waals surface area contributed by atoms with Gasteiger partial charge in [0.25, 0.3) is 0 Å². The number of anilines is 2. The van der Waals surface area contributed by atoms with Crippen molar-refractivity contribution in [2.45, 2.75) is 46.0 Å². The first kappa shape index (κ1) is 21.7. The number of benzene rings is 1. The molecule has 1 saturated heterocycles. The molecule has 27 heavy (non-hydrogen) atoms. The van der Waals surface area contributed by atoms with Crippen LogP contribution in [0, 0.1) is 0 Å². The first-order valence-electron chi connectivity index (χ1n) is 10.1. The Labute approximate surface area is 163 Å². The number of nitrogens with two attached hydrogens (primary N) is 1. The van der Waals surface area contributed by atoms with Gasteiger partial charge in [0, 0.05) is 56.3 Å². The smallest absolute Gasteiger partial charge is 0.238 e. The highest BCUT2D eigenvalue weighted by Crippen LogP contribution is 2.36. The molecule has 1 aromatic rings. The van der Waals surface area contributed by atoms with Gasteiger partial charge in [0.15, 0.2) is 0 Å². The van der Waals surface area contributed by atoms with Gasteiger partial charge in [-0.2, -0.15) is 0 Å². The Kier molecular flexibility index (Phi) is 8.07. The van der Waals surface area contributed by atoms with Gasteiger partial charge in [-0.05, 0) is 29.9 Å². The van der Waals surface area contributed by atoms with Gasteiger partial charge in [-0.3, -0.25) is 9.69 Å². The SMILES string of the molecule is CC(C)c1ccc(N)c(C(C)C)c1NC(=O)CN1CCN(CCCO)CC1. The molecule has 152 valence electrons. The normalized spacial score (nSPS) is 16.3. The molecule has 0 radical (unpaired) electrons. The van der Waals surface area contributed by atoms with E-state index in [1.165, 1.54) is 0 Å². The number of piperazine rings is 1. The third-order valence-electron chi connectivity index (χ3n) is 5.24. The van der Waals surface area contributed by atoms with E-state index in [1.54, 1.807) is 0 Å². The minimum absolute atomic E-state index is 0.0215. The monoisotopic (exact) mass is 376 g/mol. The Morgan fingerprint density at radius 2 is 1.74 bits per heavy atom. The summed E-state index contributed by atoms with van der Waals surface area (Å²) in [6.07, 6.45) is 0.811. The van der Waals surface area contributed by atoms with E-state index >= 15 is 0 Å². The summed E-state index contributed by atoms with van der Waals surface area (Å²) in [6.45, 7) is 13.7. The summed E-state index contributed by atoms with van der Waals surface area (Å²) < 4.78 is 0. The summed E-state index contributed by atoms with van der Waals surface area (Å²) in [7, 11) is 0. The van der Waals surface area contributed by atoms with E-state index in [0.29, 0.717) is 12.5 Å². The van der Waals surface area contributed by atoms with Crippen molar-refractivity contribution in [1.82, 2.24) is 9.80 Å². The first-order chi connectivity index (χ1) is 12.8. The molecule has 6 nitrogen and oxygen atoms in total. The molecular formula is C21H36N4O2. The summed E-state index contributed by atoms with van der Waals surface area (Å²) in [5, 5.41) is 12.1. The topological polar surface area (TPSA) is 81.8 Å². The average molecular weight is 377 g/mol. The summed E-state index contributed by atoms with van der Waals surface area (Å²) in [5.74, 6) is 0.579. The van der Waals surface area contributed by atoms with Crippen molar-refractivity contribution in [3.05, 3.63) is 23.3 Å². The van der Waals surface area contributed by atoms with E-state index in [2.05, 4.69) is 42.8 Å². The highest BCUT2D eigenvalue weighted by molar-refractivity contribution is 5.95. The van der Waals surface area contributed by atoms with Crippen LogP contribution in [0.2, 0.25) is 0 Å². The van der Waals surface area contributed by atoms with Crippen LogP contribution in [-0.4, -0.2) is 66.7 Å². The van der Waals surface area contributed by atoms with E-state index in [-0.39, 0.29) is 18.4 Å². The Morgan fingerprint density at radius 1 is 1.11 bits per heavy atom. The van der Waals surface area contributed by atoms with Gasteiger partial charge in [0.05, 0.1) is 6.54 Å². The van der Waals surface area contributed by atoms with Crippen molar-refractivity contribution in [3.8, 4) is 0 Å². The maximum atomic E-state index is 12.8. The zero-order valence-corrected chi connectivity index (χ0v) is 17.3. The first-order valence-corrected chi connectivity index (χ1v) is 10.1. The third-order valence-corrected chi connectivity index (χ3v) is 5.24. The highest BCUT2D eigenvalue weighted by atomic mass is 16.3. The average Bonchev–Trinajstić information content (AvgIpc) is 2.60. The van der Waals surface area contributed by atoms with Crippen LogP contribution >= 0.6 is 0 Å². The molecule has 0 unspecified atom stereocenters. The van der Waals surface area contributed by atoms with Gasteiger partial charge in [0.1, 0.15) is 0 Å². The maximum absolute atomic E-state index is 12.8.